The topological polar surface area (TPSA) is 58.7 Å². The second-order valence-electron chi connectivity index (χ2n) is 5.32. The van der Waals surface area contributed by atoms with E-state index < -0.39 is 0 Å². The van der Waals surface area contributed by atoms with Crippen LogP contribution < -0.4 is 5.73 Å². The molecule has 5 heteroatoms. The van der Waals surface area contributed by atoms with E-state index in [-0.39, 0.29) is 11.6 Å². The van der Waals surface area contributed by atoms with Crippen LogP contribution in [0.4, 0.5) is 4.79 Å². The van der Waals surface area contributed by atoms with Crippen molar-refractivity contribution in [3.8, 4) is 0 Å². The van der Waals surface area contributed by atoms with Gasteiger partial charge in [0.05, 0.1) is 0 Å². The van der Waals surface area contributed by atoms with E-state index in [2.05, 4.69) is 25.8 Å². The Hall–Kier alpha value is -0.710. The largest absolute Gasteiger partial charge is 0.385 e. The zero-order chi connectivity index (χ0) is 12.6. The third kappa shape index (κ3) is 1.94. The van der Waals surface area contributed by atoms with Crippen LogP contribution in [0.5, 0.6) is 0 Å². The third-order valence-corrected chi connectivity index (χ3v) is 5.08. The molecule has 0 aliphatic carbocycles. The smallest absolute Gasteiger partial charge is 0.346 e. The van der Waals surface area contributed by atoms with Crippen molar-refractivity contribution in [1.29, 1.82) is 0 Å². The molecular weight excluding hydrogens is 234 g/mol. The van der Waals surface area contributed by atoms with Gasteiger partial charge in [-0.3, -0.25) is 0 Å². The lowest BCUT2D eigenvalue weighted by molar-refractivity contribution is 0.151. The number of nitrogens with two attached hydrogens (primary N) is 1. The van der Waals surface area contributed by atoms with Crippen molar-refractivity contribution in [1.82, 2.24) is 4.90 Å². The van der Waals surface area contributed by atoms with E-state index in [1.54, 1.807) is 0 Å². The minimum atomic E-state index is -0.315. The first-order chi connectivity index (χ1) is 7.98. The number of hydrogen-bond acceptors (Lipinski definition) is 3. The second-order valence-corrected chi connectivity index (χ2v) is 6.77. The number of hydrogen-bond donors (Lipinski definition) is 1. The van der Waals surface area contributed by atoms with E-state index >= 15 is 0 Å². The van der Waals surface area contributed by atoms with Gasteiger partial charge < -0.3 is 10.6 Å². The summed E-state index contributed by atoms with van der Waals surface area (Å²) in [6, 6.07) is -0.148. The van der Waals surface area contributed by atoms with Gasteiger partial charge in [-0.15, -0.1) is 0 Å². The predicted octanol–water partition coefficient (Wildman–Crippen LogP) is 2.09. The molecule has 2 amide bonds. The first kappa shape index (κ1) is 12.7. The number of amides is 2. The van der Waals surface area contributed by atoms with Crippen LogP contribution in [0.15, 0.2) is 4.99 Å². The first-order valence-electron chi connectivity index (χ1n) is 6.26. The molecule has 1 fully saturated rings. The van der Waals surface area contributed by atoms with Gasteiger partial charge in [0.25, 0.3) is 0 Å². The summed E-state index contributed by atoms with van der Waals surface area (Å²) in [5.74, 6) is 2.12. The highest BCUT2D eigenvalue weighted by atomic mass is 32.2. The Balaban J connectivity index is 2.33. The van der Waals surface area contributed by atoms with Crippen LogP contribution in [0.25, 0.3) is 0 Å². The number of urea groups is 1. The zero-order valence-corrected chi connectivity index (χ0v) is 11.6. The van der Waals surface area contributed by atoms with E-state index in [0.717, 1.165) is 25.1 Å². The average Bonchev–Trinajstić information content (AvgIpc) is 2.47. The molecule has 2 N–H and O–H groups in total. The molecule has 0 radical (unpaired) electrons. The number of aliphatic imine (C=N–C) groups is 1. The van der Waals surface area contributed by atoms with Crippen LogP contribution >= 0.6 is 11.8 Å². The van der Waals surface area contributed by atoms with Crippen LogP contribution in [0.1, 0.15) is 33.6 Å². The van der Waals surface area contributed by atoms with Crippen molar-refractivity contribution in [2.24, 2.45) is 16.6 Å². The summed E-state index contributed by atoms with van der Waals surface area (Å²) in [7, 11) is 0. The number of nitrogens with zero attached hydrogens (tertiary/aromatic N) is 2. The van der Waals surface area contributed by atoms with Gasteiger partial charge in [0, 0.05) is 11.8 Å². The lowest BCUT2D eigenvalue weighted by Gasteiger charge is -2.45. The van der Waals surface area contributed by atoms with E-state index in [9.17, 15) is 4.79 Å². The lowest BCUT2D eigenvalue weighted by atomic mass is 9.86. The maximum absolute atomic E-state index is 12.0. The number of carbonyl (C=O) groups excluding carboxylic acids is 1. The summed E-state index contributed by atoms with van der Waals surface area (Å²) in [4.78, 5) is 17.9. The summed E-state index contributed by atoms with van der Waals surface area (Å²) < 4.78 is 0. The average molecular weight is 255 g/mol. The highest BCUT2D eigenvalue weighted by molar-refractivity contribution is 8.00. The Morgan fingerprint density at radius 3 is 2.94 bits per heavy atom. The minimum absolute atomic E-state index is 0.148. The molecule has 2 atom stereocenters. The molecule has 2 heterocycles. The molecule has 2 aliphatic heterocycles. The Bertz CT molecular complexity index is 356. The fourth-order valence-corrected chi connectivity index (χ4v) is 4.12. The van der Waals surface area contributed by atoms with E-state index in [4.69, 9.17) is 5.73 Å². The Morgan fingerprint density at radius 1 is 1.65 bits per heavy atom. The SMILES string of the molecule is CC(C)CN1C(=O)N=C(N)C12CCCSC2C. The molecule has 0 bridgehead atoms. The Morgan fingerprint density at radius 2 is 2.35 bits per heavy atom. The Labute approximate surface area is 107 Å². The quantitative estimate of drug-likeness (QED) is 0.822. The molecule has 0 saturated carbocycles. The van der Waals surface area contributed by atoms with Gasteiger partial charge in [-0.1, -0.05) is 20.8 Å². The van der Waals surface area contributed by atoms with E-state index in [0.29, 0.717) is 17.0 Å². The molecule has 0 aromatic heterocycles. The van der Waals surface area contributed by atoms with Crippen LogP contribution in [0.3, 0.4) is 0 Å². The van der Waals surface area contributed by atoms with Crippen LogP contribution in [-0.4, -0.2) is 39.9 Å². The molecule has 0 aromatic rings. The third-order valence-electron chi connectivity index (χ3n) is 3.66. The summed E-state index contributed by atoms with van der Waals surface area (Å²) in [5.41, 5.74) is 5.75. The van der Waals surface area contributed by atoms with Gasteiger partial charge in [0.1, 0.15) is 11.4 Å². The zero-order valence-electron chi connectivity index (χ0n) is 10.8. The second kappa shape index (κ2) is 4.52. The van der Waals surface area contributed by atoms with Crippen molar-refractivity contribution in [3.05, 3.63) is 0 Å². The number of amidine groups is 1. The summed E-state index contributed by atoms with van der Waals surface area (Å²) in [6.07, 6.45) is 2.06. The van der Waals surface area contributed by atoms with Gasteiger partial charge >= 0.3 is 6.03 Å². The van der Waals surface area contributed by atoms with E-state index in [1.807, 2.05) is 16.7 Å². The molecule has 2 unspecified atom stereocenters. The first-order valence-corrected chi connectivity index (χ1v) is 7.31. The van der Waals surface area contributed by atoms with Gasteiger partial charge in [-0.25, -0.2) is 4.79 Å². The highest BCUT2D eigenvalue weighted by Crippen LogP contribution is 2.41. The molecular formula is C12H21N3OS. The van der Waals surface area contributed by atoms with Gasteiger partial charge in [0.2, 0.25) is 0 Å². The molecule has 1 spiro atoms. The van der Waals surface area contributed by atoms with Crippen molar-refractivity contribution >= 4 is 23.6 Å². The van der Waals surface area contributed by atoms with Crippen molar-refractivity contribution < 1.29 is 4.79 Å². The normalized spacial score (nSPS) is 33.6. The summed E-state index contributed by atoms with van der Waals surface area (Å²) in [5, 5.41) is 0.338. The molecule has 2 aliphatic rings. The van der Waals surface area contributed by atoms with Crippen molar-refractivity contribution in [2.75, 3.05) is 12.3 Å². The maximum atomic E-state index is 12.0. The standard InChI is InChI=1S/C12H21N3OS/c1-8(2)7-15-11(16)14-10(13)12(15)5-4-6-17-9(12)3/h8-9H,4-7H2,1-3H3,(H2,13,14,16). The Kier molecular flexibility index (Phi) is 3.39. The molecule has 1 saturated heterocycles. The van der Waals surface area contributed by atoms with Crippen molar-refractivity contribution in [2.45, 2.75) is 44.4 Å². The summed E-state index contributed by atoms with van der Waals surface area (Å²) in [6.45, 7) is 7.15. The van der Waals surface area contributed by atoms with Crippen LogP contribution in [-0.2, 0) is 0 Å². The molecule has 2 rings (SSSR count). The number of carbonyl (C=O) groups is 1. The van der Waals surface area contributed by atoms with Gasteiger partial charge in [0.15, 0.2) is 0 Å². The lowest BCUT2D eigenvalue weighted by Crippen LogP contribution is -2.61. The fraction of sp³-hybridized carbons (Fsp3) is 0.833. The number of rotatable bonds is 2. The predicted molar refractivity (Wildman–Crippen MR) is 72.4 cm³/mol. The fourth-order valence-electron chi connectivity index (χ4n) is 2.81. The molecule has 96 valence electrons. The molecule has 4 nitrogen and oxygen atoms in total. The van der Waals surface area contributed by atoms with Crippen LogP contribution in [0.2, 0.25) is 0 Å². The molecule has 0 aromatic carbocycles. The highest BCUT2D eigenvalue weighted by Gasteiger charge is 2.53. The monoisotopic (exact) mass is 255 g/mol. The van der Waals surface area contributed by atoms with Crippen molar-refractivity contribution in [3.63, 3.8) is 0 Å². The van der Waals surface area contributed by atoms with E-state index in [1.165, 1.54) is 0 Å². The maximum Gasteiger partial charge on any atom is 0.346 e. The van der Waals surface area contributed by atoms with Crippen LogP contribution in [0, 0.1) is 5.92 Å². The number of thioether (sulfide) groups is 1. The molecule has 17 heavy (non-hydrogen) atoms. The van der Waals surface area contributed by atoms with Gasteiger partial charge in [-0.2, -0.15) is 16.8 Å². The van der Waals surface area contributed by atoms with Gasteiger partial charge in [-0.05, 0) is 24.5 Å². The summed E-state index contributed by atoms with van der Waals surface area (Å²) >= 11 is 1.90. The minimum Gasteiger partial charge on any atom is -0.385 e.